The highest BCUT2D eigenvalue weighted by atomic mass is 16.3. The van der Waals surface area contributed by atoms with Gasteiger partial charge < -0.3 is 14.2 Å². The van der Waals surface area contributed by atoms with Crippen molar-refractivity contribution in [1.82, 2.24) is 0 Å². The van der Waals surface area contributed by atoms with Gasteiger partial charge in [-0.15, -0.1) is 0 Å². The van der Waals surface area contributed by atoms with E-state index in [4.69, 9.17) is 4.42 Å². The van der Waals surface area contributed by atoms with E-state index in [-0.39, 0.29) is 56.0 Å². The van der Waals surface area contributed by atoms with Gasteiger partial charge in [-0.25, -0.2) is 0 Å². The molecule has 0 radical (unpaired) electrons. The molecule has 14 rings (SSSR count). The molecule has 414 valence electrons. The van der Waals surface area contributed by atoms with Crippen LogP contribution in [0, 0.1) is 0 Å². The van der Waals surface area contributed by atoms with Gasteiger partial charge in [0.25, 0.3) is 6.71 Å². The van der Waals surface area contributed by atoms with Crippen molar-refractivity contribution in [2.24, 2.45) is 0 Å². The molecule has 4 heteroatoms. The Morgan fingerprint density at radius 2 is 0.741 bits per heavy atom. The minimum atomic E-state index is -0.175. The minimum absolute atomic E-state index is 0.00493. The van der Waals surface area contributed by atoms with Crippen LogP contribution < -0.4 is 26.4 Å². The van der Waals surface area contributed by atoms with Gasteiger partial charge in [0, 0.05) is 39.7 Å². The molecule has 7 aromatic carbocycles. The fraction of sp³-hybridized carbons (Fsp3) is 0.429. The Morgan fingerprint density at radius 3 is 1.21 bits per heavy atom. The van der Waals surface area contributed by atoms with Crippen LogP contribution in [0.1, 0.15) is 229 Å². The largest absolute Gasteiger partial charge is 0.468 e. The highest BCUT2D eigenvalue weighted by Gasteiger charge is 2.51. The third kappa shape index (κ3) is 7.86. The molecule has 8 aromatic rings. The van der Waals surface area contributed by atoms with Gasteiger partial charge in [-0.1, -0.05) is 190 Å². The summed E-state index contributed by atoms with van der Waals surface area (Å²) in [5.41, 5.74) is 28.0. The van der Waals surface area contributed by atoms with Crippen molar-refractivity contribution >= 4 is 68.4 Å². The molecule has 0 spiro atoms. The molecule has 81 heavy (non-hydrogen) atoms. The maximum atomic E-state index is 7.92. The lowest BCUT2D eigenvalue weighted by molar-refractivity contribution is 0.332. The summed E-state index contributed by atoms with van der Waals surface area (Å²) in [4.78, 5) is 5.46. The van der Waals surface area contributed by atoms with E-state index in [1.54, 1.807) is 0 Å². The topological polar surface area (TPSA) is 19.6 Å². The van der Waals surface area contributed by atoms with Crippen molar-refractivity contribution in [2.75, 3.05) is 9.80 Å². The number of hydrogen-bond donors (Lipinski definition) is 0. The molecule has 0 N–H and O–H groups in total. The molecule has 0 saturated carbocycles. The molecule has 0 atom stereocenters. The lowest BCUT2D eigenvalue weighted by Crippen LogP contribution is -2.61. The fourth-order valence-electron chi connectivity index (χ4n) is 16.6. The second-order valence-corrected chi connectivity index (χ2v) is 31.5. The first-order valence-corrected chi connectivity index (χ1v) is 31.1. The molecule has 0 fully saturated rings. The summed E-state index contributed by atoms with van der Waals surface area (Å²) in [5, 5.41) is 1.22. The Kier molecular flexibility index (Phi) is 11.2. The SMILES string of the molecule is CC1(C)CCC(C)(C)c2cc(N3c4cc5c(cc4B4c6oc7cc8c(cc7c6N(c6ccc7c(c6)C(C)(C)CCC7(C)C)c6cc(C(c7ccccc7)c7ccccc7)cc3c64)C(C)(C)CCC8(C)C)C(C)(C)CCC5(C)C)ccc21. The zero-order valence-corrected chi connectivity index (χ0v) is 51.8. The lowest BCUT2D eigenvalue weighted by Gasteiger charge is -2.47. The van der Waals surface area contributed by atoms with Gasteiger partial charge in [-0.05, 0) is 221 Å². The quantitative estimate of drug-likeness (QED) is 0.126. The van der Waals surface area contributed by atoms with E-state index in [9.17, 15) is 0 Å². The molecule has 0 amide bonds. The highest BCUT2D eigenvalue weighted by molar-refractivity contribution is 7.00. The number of anilines is 6. The van der Waals surface area contributed by atoms with Crippen molar-refractivity contribution < 1.29 is 4.42 Å². The lowest BCUT2D eigenvalue weighted by atomic mass is 9.35. The molecule has 6 aliphatic rings. The minimum Gasteiger partial charge on any atom is -0.468 e. The van der Waals surface area contributed by atoms with E-state index in [0.29, 0.717) is 0 Å². The summed E-state index contributed by atoms with van der Waals surface area (Å²) in [6.45, 7) is 39.5. The van der Waals surface area contributed by atoms with Crippen LogP contribution in [0.2, 0.25) is 0 Å². The van der Waals surface area contributed by atoms with E-state index in [1.165, 1.54) is 124 Å². The monoisotopic (exact) mass is 1070 g/mol. The van der Waals surface area contributed by atoms with Crippen LogP contribution in [-0.4, -0.2) is 6.71 Å². The van der Waals surface area contributed by atoms with Gasteiger partial charge in [0.2, 0.25) is 0 Å². The van der Waals surface area contributed by atoms with Gasteiger partial charge in [0.1, 0.15) is 5.58 Å². The first-order valence-electron chi connectivity index (χ1n) is 31.1. The average Bonchev–Trinajstić information content (AvgIpc) is 4.09. The predicted molar refractivity (Wildman–Crippen MR) is 345 cm³/mol. The van der Waals surface area contributed by atoms with Gasteiger partial charge >= 0.3 is 0 Å². The Hall–Kier alpha value is -6.26. The Morgan fingerprint density at radius 1 is 0.358 bits per heavy atom. The Labute approximate surface area is 486 Å². The number of furan rings is 1. The number of fused-ring (bicyclic) bond motifs is 10. The summed E-state index contributed by atoms with van der Waals surface area (Å²) >= 11 is 0. The van der Waals surface area contributed by atoms with E-state index in [0.717, 1.165) is 49.8 Å². The second-order valence-electron chi connectivity index (χ2n) is 31.5. The number of hydrogen-bond acceptors (Lipinski definition) is 3. The van der Waals surface area contributed by atoms with Crippen LogP contribution >= 0.6 is 0 Å². The second kappa shape index (κ2) is 17.2. The number of rotatable bonds is 5. The maximum Gasteiger partial charge on any atom is 0.297 e. The first kappa shape index (κ1) is 52.8. The zero-order chi connectivity index (χ0) is 56.9. The molecular weight excluding hydrogens is 980 g/mol. The summed E-state index contributed by atoms with van der Waals surface area (Å²) in [5.74, 6) is -0.0372. The van der Waals surface area contributed by atoms with E-state index in [1.807, 2.05) is 0 Å². The van der Waals surface area contributed by atoms with Crippen LogP contribution in [0.4, 0.5) is 34.1 Å². The van der Waals surface area contributed by atoms with Crippen LogP contribution in [0.3, 0.4) is 0 Å². The van der Waals surface area contributed by atoms with E-state index < -0.39 is 0 Å². The summed E-state index contributed by atoms with van der Waals surface area (Å²) < 4.78 is 7.92. The van der Waals surface area contributed by atoms with Gasteiger partial charge in [0.05, 0.1) is 11.3 Å². The van der Waals surface area contributed by atoms with Gasteiger partial charge in [-0.2, -0.15) is 0 Å². The predicted octanol–water partition coefficient (Wildman–Crippen LogP) is 19.1. The molecule has 2 aliphatic heterocycles. The van der Waals surface area contributed by atoms with Gasteiger partial charge in [0.15, 0.2) is 0 Å². The Bertz CT molecular complexity index is 3880. The maximum absolute atomic E-state index is 7.92. The van der Waals surface area contributed by atoms with Gasteiger partial charge in [-0.3, -0.25) is 0 Å². The fourth-order valence-corrected chi connectivity index (χ4v) is 16.6. The van der Waals surface area contributed by atoms with Crippen molar-refractivity contribution in [2.45, 2.75) is 211 Å². The molecule has 0 unspecified atom stereocenters. The van der Waals surface area contributed by atoms with Crippen molar-refractivity contribution in [3.05, 3.63) is 195 Å². The third-order valence-electron chi connectivity index (χ3n) is 22.4. The van der Waals surface area contributed by atoms with Crippen LogP contribution in [-0.2, 0) is 43.3 Å². The van der Waals surface area contributed by atoms with Crippen molar-refractivity contribution in [3.8, 4) is 0 Å². The summed E-state index contributed by atoms with van der Waals surface area (Å²) in [6.07, 6.45) is 9.24. The highest BCUT2D eigenvalue weighted by Crippen LogP contribution is 2.57. The molecule has 0 bridgehead atoms. The molecule has 3 heterocycles. The normalized spacial score (nSPS) is 21.3. The van der Waals surface area contributed by atoms with Crippen molar-refractivity contribution in [1.29, 1.82) is 0 Å². The standard InChI is InChI=1S/C77H87BN2O/c1-70(2)31-33-72(5,6)55-41-50(27-29-53(55)70)79-62-45-59-58(75(11,12)36-37-76(59,13)14)44-61(62)78-67-63(79)39-49(66(47-23-19-17-20-24-47)48-25-21-18-22-26-48)40-64(67)80(51-28-30-54-56(42-51)73(7,8)34-32-71(54,3)4)68-52-43-57-60(46-65(52)81-69(68)78)77(15,16)38-35-74(57,9)10/h17-30,39-46,66H,31-38H2,1-16H3. The number of nitrogens with zero attached hydrogens (tertiary/aromatic N) is 2. The smallest absolute Gasteiger partial charge is 0.297 e. The first-order chi connectivity index (χ1) is 38.1. The summed E-state index contributed by atoms with van der Waals surface area (Å²) in [6, 6.07) is 53.6. The Balaban J connectivity index is 1.17. The zero-order valence-electron chi connectivity index (χ0n) is 51.8. The van der Waals surface area contributed by atoms with E-state index >= 15 is 0 Å². The van der Waals surface area contributed by atoms with Crippen LogP contribution in [0.15, 0.2) is 138 Å². The third-order valence-corrected chi connectivity index (χ3v) is 22.4. The number of benzene rings is 7. The molecular formula is C77H87BN2O. The molecule has 0 saturated heterocycles. The van der Waals surface area contributed by atoms with Crippen molar-refractivity contribution in [3.63, 3.8) is 0 Å². The van der Waals surface area contributed by atoms with E-state index in [2.05, 4.69) is 254 Å². The molecule has 3 nitrogen and oxygen atoms in total. The average molecular weight is 1070 g/mol. The van der Waals surface area contributed by atoms with Crippen LogP contribution in [0.25, 0.3) is 11.0 Å². The van der Waals surface area contributed by atoms with Crippen LogP contribution in [0.5, 0.6) is 0 Å². The summed E-state index contributed by atoms with van der Waals surface area (Å²) in [7, 11) is 0. The molecule has 1 aromatic heterocycles. The molecule has 4 aliphatic carbocycles.